The molecule has 0 saturated heterocycles. The van der Waals surface area contributed by atoms with Crippen LogP contribution in [0.4, 0.5) is 0 Å². The van der Waals surface area contributed by atoms with Crippen molar-refractivity contribution in [2.75, 3.05) is 0 Å². The quantitative estimate of drug-likeness (QED) is 0.314. The van der Waals surface area contributed by atoms with E-state index < -0.39 is 0 Å². The smallest absolute Gasteiger partial charge is 1.00 e. The van der Waals surface area contributed by atoms with Crippen LogP contribution in [0, 0.1) is 0 Å². The Labute approximate surface area is 203 Å². The van der Waals surface area contributed by atoms with Crippen molar-refractivity contribution in [1.29, 1.82) is 0 Å². The second-order valence-electron chi connectivity index (χ2n) is 6.27. The van der Waals surface area contributed by atoms with Gasteiger partial charge in [-0.3, -0.25) is 0 Å². The zero-order chi connectivity index (χ0) is 17.6. The number of fused-ring (bicyclic) bond motifs is 1. The molecule has 0 atom stereocenters. The predicted octanol–water partition coefficient (Wildman–Crippen LogP) is -0.254. The molecule has 1 heterocycles. The van der Waals surface area contributed by atoms with E-state index in [1.807, 2.05) is 17.1 Å². The Hall–Kier alpha value is -1.93. The van der Waals surface area contributed by atoms with Crippen LogP contribution in [0.2, 0.25) is 0 Å². The molecule has 0 aliphatic rings. The van der Waals surface area contributed by atoms with Gasteiger partial charge >= 0.3 is 26.2 Å². The fraction of sp³-hybridized carbons (Fsp3) is 0.0417. The van der Waals surface area contributed by atoms with Gasteiger partial charge in [0.25, 0.3) is 0 Å². The second kappa shape index (κ2) is 12.6. The standard InChI is InChI=1S/C12H9N2.C12H11.2ClH.Zr/c1-2-4-11-8-12(7-10(11)3-1)14-6-5-13-9-14;1-2-6-11(7-3-1)10-12-8-4-5-9-12;;;/h1-9H;1-9H,10H2;2*1H;/q2*-1;;;+4/p-2. The van der Waals surface area contributed by atoms with Crippen molar-refractivity contribution in [2.45, 2.75) is 6.42 Å². The van der Waals surface area contributed by atoms with E-state index >= 15 is 0 Å². The first-order valence-corrected chi connectivity index (χ1v) is 8.77. The van der Waals surface area contributed by atoms with Crippen molar-refractivity contribution in [3.05, 3.63) is 121 Å². The van der Waals surface area contributed by atoms with Crippen molar-refractivity contribution in [1.82, 2.24) is 9.55 Å². The molecule has 5 rings (SSSR count). The molecular formula is C24H20Cl2N2Zr. The SMILES string of the molecule is [Cl-].[Cl-].[Zr+4].c1ccc(C[c-]2cccc2)cc1.c1ccc2[cH-]c(-n3ccnc3)cc2c1. The molecule has 1 aromatic heterocycles. The van der Waals surface area contributed by atoms with Gasteiger partial charge in [-0.25, -0.2) is 17.1 Å². The van der Waals surface area contributed by atoms with E-state index in [-0.39, 0.29) is 51.0 Å². The third-order valence-electron chi connectivity index (χ3n) is 4.39. The zero-order valence-corrected chi connectivity index (χ0v) is 19.7. The minimum atomic E-state index is 0. The van der Waals surface area contributed by atoms with Crippen LogP contribution in [-0.2, 0) is 32.6 Å². The van der Waals surface area contributed by atoms with E-state index in [0.29, 0.717) is 0 Å². The minimum absolute atomic E-state index is 0. The number of imidazole rings is 1. The molecule has 0 fully saturated rings. The van der Waals surface area contributed by atoms with Gasteiger partial charge in [0, 0.05) is 12.4 Å². The molecule has 0 aliphatic carbocycles. The van der Waals surface area contributed by atoms with Gasteiger partial charge in [0.05, 0.1) is 6.33 Å². The van der Waals surface area contributed by atoms with Gasteiger partial charge in [-0.1, -0.05) is 42.0 Å². The molecule has 0 saturated carbocycles. The first kappa shape index (κ1) is 25.1. The van der Waals surface area contributed by atoms with Crippen molar-refractivity contribution in [3.8, 4) is 5.69 Å². The van der Waals surface area contributed by atoms with Crippen LogP contribution in [0.1, 0.15) is 11.1 Å². The summed E-state index contributed by atoms with van der Waals surface area (Å²) >= 11 is 0. The average Bonchev–Trinajstić information content (AvgIpc) is 3.44. The van der Waals surface area contributed by atoms with Crippen LogP contribution in [0.5, 0.6) is 0 Å². The molecule has 0 bridgehead atoms. The van der Waals surface area contributed by atoms with Crippen molar-refractivity contribution in [3.63, 3.8) is 0 Å². The first-order valence-electron chi connectivity index (χ1n) is 8.77. The number of nitrogens with zero attached hydrogens (tertiary/aromatic N) is 2. The third-order valence-corrected chi connectivity index (χ3v) is 4.39. The number of halogens is 2. The summed E-state index contributed by atoms with van der Waals surface area (Å²) in [5.41, 5.74) is 3.94. The van der Waals surface area contributed by atoms with Crippen LogP contribution in [0.25, 0.3) is 16.5 Å². The Bertz CT molecular complexity index is 1020. The summed E-state index contributed by atoms with van der Waals surface area (Å²) in [6.45, 7) is 0. The summed E-state index contributed by atoms with van der Waals surface area (Å²) in [4.78, 5) is 4.03. The zero-order valence-electron chi connectivity index (χ0n) is 15.7. The summed E-state index contributed by atoms with van der Waals surface area (Å²) in [5, 5.41) is 2.55. The van der Waals surface area contributed by atoms with E-state index in [9.17, 15) is 0 Å². The third kappa shape index (κ3) is 6.82. The van der Waals surface area contributed by atoms with E-state index in [2.05, 4.69) is 96.0 Å². The monoisotopic (exact) mass is 496 g/mol. The summed E-state index contributed by atoms with van der Waals surface area (Å²) in [5.74, 6) is 0. The predicted molar refractivity (Wildman–Crippen MR) is 108 cm³/mol. The Morgan fingerprint density at radius 1 is 0.862 bits per heavy atom. The summed E-state index contributed by atoms with van der Waals surface area (Å²) in [6.07, 6.45) is 6.61. The summed E-state index contributed by atoms with van der Waals surface area (Å²) in [6, 6.07) is 31.7. The molecule has 5 aromatic rings. The van der Waals surface area contributed by atoms with Gasteiger partial charge in [0.2, 0.25) is 0 Å². The fourth-order valence-corrected chi connectivity index (χ4v) is 3.06. The van der Waals surface area contributed by atoms with Crippen LogP contribution >= 0.6 is 0 Å². The maximum absolute atomic E-state index is 4.03. The van der Waals surface area contributed by atoms with Crippen LogP contribution in [0.15, 0.2) is 110 Å². The molecule has 0 aliphatic heterocycles. The molecular weight excluding hydrogens is 478 g/mol. The molecule has 0 N–H and O–H groups in total. The van der Waals surface area contributed by atoms with Gasteiger partial charge in [-0.2, -0.15) is 17.7 Å². The molecule has 0 spiro atoms. The maximum Gasteiger partial charge on any atom is 4.00 e. The molecule has 0 radical (unpaired) electrons. The number of hydrogen-bond acceptors (Lipinski definition) is 1. The molecule has 2 nitrogen and oxygen atoms in total. The molecule has 29 heavy (non-hydrogen) atoms. The van der Waals surface area contributed by atoms with Crippen LogP contribution in [0.3, 0.4) is 0 Å². The number of hydrogen-bond donors (Lipinski definition) is 0. The minimum Gasteiger partial charge on any atom is -1.00 e. The van der Waals surface area contributed by atoms with Gasteiger partial charge in [-0.05, 0) is 12.1 Å². The molecule has 0 amide bonds. The Morgan fingerprint density at radius 2 is 1.55 bits per heavy atom. The molecule has 5 heteroatoms. The van der Waals surface area contributed by atoms with E-state index in [0.717, 1.165) is 6.42 Å². The number of rotatable bonds is 3. The average molecular weight is 499 g/mol. The van der Waals surface area contributed by atoms with E-state index in [1.54, 1.807) is 6.20 Å². The fourth-order valence-electron chi connectivity index (χ4n) is 3.06. The molecule has 0 unspecified atom stereocenters. The summed E-state index contributed by atoms with van der Waals surface area (Å²) < 4.78 is 2.01. The van der Waals surface area contributed by atoms with Gasteiger partial charge in [-0.15, -0.1) is 41.1 Å². The number of benzene rings is 2. The Morgan fingerprint density at radius 3 is 2.21 bits per heavy atom. The largest absolute Gasteiger partial charge is 4.00 e. The first-order chi connectivity index (χ1) is 12.9. The Balaban J connectivity index is 0.000000266. The van der Waals surface area contributed by atoms with Crippen LogP contribution in [-0.4, -0.2) is 9.55 Å². The van der Waals surface area contributed by atoms with Gasteiger partial charge in [0.15, 0.2) is 0 Å². The Kier molecular flexibility index (Phi) is 10.9. The molecule has 144 valence electrons. The second-order valence-corrected chi connectivity index (χ2v) is 6.27. The van der Waals surface area contributed by atoms with Gasteiger partial charge in [0.1, 0.15) is 0 Å². The van der Waals surface area contributed by atoms with E-state index in [4.69, 9.17) is 0 Å². The summed E-state index contributed by atoms with van der Waals surface area (Å²) in [7, 11) is 0. The van der Waals surface area contributed by atoms with Crippen molar-refractivity contribution >= 4 is 10.8 Å². The normalized spacial score (nSPS) is 9.38. The maximum atomic E-state index is 4.03. The van der Waals surface area contributed by atoms with Crippen molar-refractivity contribution < 1.29 is 51.0 Å². The van der Waals surface area contributed by atoms with Crippen molar-refractivity contribution in [2.24, 2.45) is 0 Å². The molecule has 4 aromatic carbocycles. The van der Waals surface area contributed by atoms with Crippen LogP contribution < -0.4 is 24.8 Å². The van der Waals surface area contributed by atoms with Gasteiger partial charge < -0.3 is 29.4 Å². The number of aromatic nitrogens is 2. The topological polar surface area (TPSA) is 17.8 Å². The van der Waals surface area contributed by atoms with E-state index in [1.165, 1.54) is 27.6 Å².